The Kier molecular flexibility index (Phi) is 2.82. The minimum atomic E-state index is 0.0783. The maximum Gasteiger partial charge on any atom is 0.0146 e. The van der Waals surface area contributed by atoms with Crippen LogP contribution < -0.4 is 0 Å². The van der Waals surface area contributed by atoms with Crippen LogP contribution >= 0.6 is 0 Å². The lowest BCUT2D eigenvalue weighted by atomic mass is 9.78. The van der Waals surface area contributed by atoms with Crippen LogP contribution in [0.2, 0.25) is 0 Å². The van der Waals surface area contributed by atoms with Gasteiger partial charge in [0.25, 0.3) is 0 Å². The zero-order valence-electron chi connectivity index (χ0n) is 10.2. The molecule has 0 spiro atoms. The van der Waals surface area contributed by atoms with Crippen LogP contribution in [0.25, 0.3) is 0 Å². The Hall–Kier alpha value is -1.56. The number of hydrogen-bond acceptors (Lipinski definition) is 0. The minimum Gasteiger partial charge on any atom is -0.0622 e. The first-order valence-electron chi connectivity index (χ1n) is 5.73. The average molecular weight is 210 g/mol. The van der Waals surface area contributed by atoms with Crippen molar-refractivity contribution in [2.24, 2.45) is 0 Å². The standard InChI is InChI=1S/C16H18/c1-13-9-11-15(12-10-13)16(2,3)14-7-5-4-6-8-14/h4-12H,1-3H3. The quantitative estimate of drug-likeness (QED) is 0.692. The molecule has 82 valence electrons. The van der Waals surface area contributed by atoms with Gasteiger partial charge in [-0.2, -0.15) is 0 Å². The predicted octanol–water partition coefficient (Wildman–Crippen LogP) is 4.32. The Morgan fingerprint density at radius 1 is 0.688 bits per heavy atom. The minimum absolute atomic E-state index is 0.0783. The number of benzene rings is 2. The molecule has 2 rings (SSSR count). The van der Waals surface area contributed by atoms with Crippen LogP contribution in [0.15, 0.2) is 54.6 Å². The molecule has 0 heterocycles. The van der Waals surface area contributed by atoms with E-state index in [1.54, 1.807) is 0 Å². The van der Waals surface area contributed by atoms with Gasteiger partial charge in [-0.1, -0.05) is 74.0 Å². The normalized spacial score (nSPS) is 11.4. The Balaban J connectivity index is 2.43. The molecule has 0 fully saturated rings. The van der Waals surface area contributed by atoms with Crippen LogP contribution in [0.3, 0.4) is 0 Å². The molecule has 0 nitrogen and oxygen atoms in total. The van der Waals surface area contributed by atoms with E-state index < -0.39 is 0 Å². The first kappa shape index (κ1) is 10.9. The van der Waals surface area contributed by atoms with Crippen molar-refractivity contribution in [1.29, 1.82) is 0 Å². The first-order chi connectivity index (χ1) is 7.60. The second kappa shape index (κ2) is 4.13. The molecule has 0 unspecified atom stereocenters. The summed E-state index contributed by atoms with van der Waals surface area (Å²) in [6.07, 6.45) is 0. The van der Waals surface area contributed by atoms with Crippen molar-refractivity contribution in [1.82, 2.24) is 0 Å². The topological polar surface area (TPSA) is 0 Å². The lowest BCUT2D eigenvalue weighted by Crippen LogP contribution is -2.18. The third-order valence-electron chi connectivity index (χ3n) is 3.27. The fraction of sp³-hybridized carbons (Fsp3) is 0.250. The van der Waals surface area contributed by atoms with Gasteiger partial charge < -0.3 is 0 Å². The van der Waals surface area contributed by atoms with Gasteiger partial charge in [0.2, 0.25) is 0 Å². The Labute approximate surface area is 97.9 Å². The smallest absolute Gasteiger partial charge is 0.0146 e. The molecule has 0 aliphatic heterocycles. The molecule has 16 heavy (non-hydrogen) atoms. The average Bonchev–Trinajstić information content (AvgIpc) is 2.31. The lowest BCUT2D eigenvalue weighted by molar-refractivity contribution is 0.640. The first-order valence-corrected chi connectivity index (χ1v) is 5.73. The van der Waals surface area contributed by atoms with Gasteiger partial charge in [0.15, 0.2) is 0 Å². The van der Waals surface area contributed by atoms with Gasteiger partial charge in [0.05, 0.1) is 0 Å². The zero-order valence-corrected chi connectivity index (χ0v) is 10.2. The number of hydrogen-bond donors (Lipinski definition) is 0. The number of aryl methyl sites for hydroxylation is 1. The molecule has 0 heteroatoms. The van der Waals surface area contributed by atoms with Crippen molar-refractivity contribution < 1.29 is 0 Å². The van der Waals surface area contributed by atoms with E-state index >= 15 is 0 Å². The van der Waals surface area contributed by atoms with Gasteiger partial charge in [-0.3, -0.25) is 0 Å². The largest absolute Gasteiger partial charge is 0.0622 e. The summed E-state index contributed by atoms with van der Waals surface area (Å²) in [6, 6.07) is 19.5. The van der Waals surface area contributed by atoms with Crippen molar-refractivity contribution in [3.63, 3.8) is 0 Å². The van der Waals surface area contributed by atoms with Crippen LogP contribution in [0, 0.1) is 6.92 Å². The maximum atomic E-state index is 2.27. The Morgan fingerprint density at radius 3 is 1.75 bits per heavy atom. The second-order valence-corrected chi connectivity index (χ2v) is 4.86. The van der Waals surface area contributed by atoms with Crippen LogP contribution in [0.5, 0.6) is 0 Å². The molecule has 2 aromatic carbocycles. The van der Waals surface area contributed by atoms with Crippen LogP contribution in [-0.4, -0.2) is 0 Å². The molecule has 2 aromatic rings. The summed E-state index contributed by atoms with van der Waals surface area (Å²) in [5.41, 5.74) is 4.12. The van der Waals surface area contributed by atoms with E-state index in [2.05, 4.69) is 75.4 Å². The van der Waals surface area contributed by atoms with Crippen molar-refractivity contribution in [2.45, 2.75) is 26.2 Å². The van der Waals surface area contributed by atoms with Crippen LogP contribution in [-0.2, 0) is 5.41 Å². The van der Waals surface area contributed by atoms with Crippen LogP contribution in [0.4, 0.5) is 0 Å². The second-order valence-electron chi connectivity index (χ2n) is 4.86. The highest BCUT2D eigenvalue weighted by Gasteiger charge is 2.22. The van der Waals surface area contributed by atoms with Gasteiger partial charge >= 0.3 is 0 Å². The maximum absolute atomic E-state index is 2.27. The van der Waals surface area contributed by atoms with E-state index in [-0.39, 0.29) is 5.41 Å². The molecular weight excluding hydrogens is 192 g/mol. The van der Waals surface area contributed by atoms with E-state index in [1.165, 1.54) is 16.7 Å². The molecule has 0 radical (unpaired) electrons. The van der Waals surface area contributed by atoms with Crippen LogP contribution in [0.1, 0.15) is 30.5 Å². The predicted molar refractivity (Wildman–Crippen MR) is 69.7 cm³/mol. The molecule has 0 aliphatic carbocycles. The van der Waals surface area contributed by atoms with E-state index in [4.69, 9.17) is 0 Å². The van der Waals surface area contributed by atoms with Gasteiger partial charge in [0.1, 0.15) is 0 Å². The molecule has 0 saturated heterocycles. The lowest BCUT2D eigenvalue weighted by Gasteiger charge is -2.26. The fourth-order valence-electron chi connectivity index (χ4n) is 1.99. The molecule has 0 N–H and O–H groups in total. The van der Waals surface area contributed by atoms with Gasteiger partial charge in [-0.05, 0) is 18.1 Å². The summed E-state index contributed by atoms with van der Waals surface area (Å²) >= 11 is 0. The Morgan fingerprint density at radius 2 is 1.19 bits per heavy atom. The van der Waals surface area contributed by atoms with Crippen molar-refractivity contribution in [3.05, 3.63) is 71.3 Å². The summed E-state index contributed by atoms with van der Waals surface area (Å²) < 4.78 is 0. The van der Waals surface area contributed by atoms with Gasteiger partial charge in [-0.25, -0.2) is 0 Å². The molecular formula is C16H18. The van der Waals surface area contributed by atoms with Crippen molar-refractivity contribution >= 4 is 0 Å². The summed E-state index contributed by atoms with van der Waals surface area (Å²) in [5, 5.41) is 0. The van der Waals surface area contributed by atoms with Crippen molar-refractivity contribution in [2.75, 3.05) is 0 Å². The van der Waals surface area contributed by atoms with Gasteiger partial charge in [0, 0.05) is 5.41 Å². The van der Waals surface area contributed by atoms with Gasteiger partial charge in [-0.15, -0.1) is 0 Å². The summed E-state index contributed by atoms with van der Waals surface area (Å²) in [7, 11) is 0. The SMILES string of the molecule is Cc1ccc(C(C)(C)c2ccccc2)cc1. The van der Waals surface area contributed by atoms with E-state index in [9.17, 15) is 0 Å². The Bertz CT molecular complexity index is 449. The van der Waals surface area contributed by atoms with E-state index in [0.717, 1.165) is 0 Å². The summed E-state index contributed by atoms with van der Waals surface area (Å²) in [6.45, 7) is 6.67. The molecule has 0 atom stereocenters. The van der Waals surface area contributed by atoms with E-state index in [0.29, 0.717) is 0 Å². The third-order valence-corrected chi connectivity index (χ3v) is 3.27. The fourth-order valence-corrected chi connectivity index (χ4v) is 1.99. The molecule has 0 aromatic heterocycles. The van der Waals surface area contributed by atoms with E-state index in [1.807, 2.05) is 0 Å². The highest BCUT2D eigenvalue weighted by Crippen LogP contribution is 2.31. The molecule has 0 amide bonds. The van der Waals surface area contributed by atoms with Crippen molar-refractivity contribution in [3.8, 4) is 0 Å². The highest BCUT2D eigenvalue weighted by atomic mass is 14.3. The summed E-state index contributed by atoms with van der Waals surface area (Å²) in [5.74, 6) is 0. The molecule has 0 saturated carbocycles. The molecule has 0 bridgehead atoms. The third kappa shape index (κ3) is 2.01. The zero-order chi connectivity index (χ0) is 11.6. The monoisotopic (exact) mass is 210 g/mol. The summed E-state index contributed by atoms with van der Waals surface area (Å²) in [4.78, 5) is 0. The molecule has 0 aliphatic rings. The number of rotatable bonds is 2. The highest BCUT2D eigenvalue weighted by molar-refractivity contribution is 5.38.